The summed E-state index contributed by atoms with van der Waals surface area (Å²) in [5, 5.41) is 5.80. The first kappa shape index (κ1) is 22.8. The maximum Gasteiger partial charge on any atom is 0.255 e. The number of benzene rings is 4. The van der Waals surface area contributed by atoms with E-state index in [0.29, 0.717) is 28.3 Å². The average Bonchev–Trinajstić information content (AvgIpc) is 3.29. The highest BCUT2D eigenvalue weighted by molar-refractivity contribution is 6.05. The number of nitrogens with one attached hydrogen (secondary N) is 3. The van der Waals surface area contributed by atoms with Crippen molar-refractivity contribution in [3.05, 3.63) is 114 Å². The quantitative estimate of drug-likeness (QED) is 0.289. The number of hydrogen-bond donors (Lipinski definition) is 3. The van der Waals surface area contributed by atoms with Crippen molar-refractivity contribution in [3.63, 3.8) is 0 Å². The lowest BCUT2D eigenvalue weighted by Crippen LogP contribution is -2.11. The van der Waals surface area contributed by atoms with Crippen LogP contribution in [0.15, 0.2) is 103 Å². The third kappa shape index (κ3) is 4.98. The minimum absolute atomic E-state index is 0. The topological polar surface area (TPSA) is 86.9 Å². The maximum atomic E-state index is 12.4. The molecule has 2 amide bonds. The number of anilines is 2. The van der Waals surface area contributed by atoms with Crippen LogP contribution in [-0.2, 0) is 0 Å². The summed E-state index contributed by atoms with van der Waals surface area (Å²) in [4.78, 5) is 32.7. The molecule has 1 aromatic heterocycles. The fourth-order valence-electron chi connectivity index (χ4n) is 3.52. The second kappa shape index (κ2) is 10.0. The highest BCUT2D eigenvalue weighted by Crippen LogP contribution is 2.24. The predicted octanol–water partition coefficient (Wildman–Crippen LogP) is 6.16. The normalized spacial score (nSPS) is 10.4. The Kier molecular flexibility index (Phi) is 6.71. The van der Waals surface area contributed by atoms with Crippen molar-refractivity contribution in [2.24, 2.45) is 0 Å². The molecule has 5 aromatic rings. The largest absolute Gasteiger partial charge is 0.338 e. The Labute approximate surface area is 202 Å². The summed E-state index contributed by atoms with van der Waals surface area (Å²) in [5.74, 6) is 0.387. The van der Waals surface area contributed by atoms with Gasteiger partial charge in [-0.3, -0.25) is 9.59 Å². The molecule has 5 rings (SSSR count). The summed E-state index contributed by atoms with van der Waals surface area (Å²) in [6.07, 6.45) is 0. The van der Waals surface area contributed by atoms with E-state index in [2.05, 4.69) is 20.6 Å². The van der Waals surface area contributed by atoms with Crippen molar-refractivity contribution in [1.29, 1.82) is 0 Å². The van der Waals surface area contributed by atoms with Crippen molar-refractivity contribution in [1.82, 2.24) is 9.97 Å². The standard InChI is InChI=1S/C27H20N4O2.ClH/c32-26(19-7-3-1-4-8-19)28-21-13-11-18(12-14-21)25-30-23-16-15-22(17-24(23)31-25)29-27(33)20-9-5-2-6-10-20;/h1-17H,(H,28,32)(H,29,33)(H,30,31);1H. The number of carbonyl (C=O) groups is 2. The molecule has 0 spiro atoms. The number of imidazole rings is 1. The molecule has 3 N–H and O–H groups in total. The van der Waals surface area contributed by atoms with Crippen LogP contribution in [0.3, 0.4) is 0 Å². The number of hydrogen-bond acceptors (Lipinski definition) is 3. The van der Waals surface area contributed by atoms with E-state index in [4.69, 9.17) is 0 Å². The highest BCUT2D eigenvalue weighted by atomic mass is 35.5. The number of rotatable bonds is 5. The zero-order chi connectivity index (χ0) is 22.6. The van der Waals surface area contributed by atoms with Crippen LogP contribution in [0.2, 0.25) is 0 Å². The number of amides is 2. The lowest BCUT2D eigenvalue weighted by molar-refractivity contribution is 0.101. The fourth-order valence-corrected chi connectivity index (χ4v) is 3.52. The van der Waals surface area contributed by atoms with Crippen LogP contribution in [0, 0.1) is 0 Å². The second-order valence-electron chi connectivity index (χ2n) is 7.53. The first-order valence-corrected chi connectivity index (χ1v) is 10.5. The van der Waals surface area contributed by atoms with Crippen LogP contribution in [0.5, 0.6) is 0 Å². The molecule has 0 saturated heterocycles. The molecule has 0 saturated carbocycles. The minimum atomic E-state index is -0.164. The maximum absolute atomic E-state index is 12.4. The summed E-state index contributed by atoms with van der Waals surface area (Å²) in [6, 6.07) is 31.2. The summed E-state index contributed by atoms with van der Waals surface area (Å²) in [6.45, 7) is 0. The van der Waals surface area contributed by atoms with Crippen molar-refractivity contribution in [3.8, 4) is 11.4 Å². The summed E-state index contributed by atoms with van der Waals surface area (Å²) >= 11 is 0. The van der Waals surface area contributed by atoms with Crippen LogP contribution in [0.1, 0.15) is 20.7 Å². The van der Waals surface area contributed by atoms with E-state index in [1.807, 2.05) is 78.9 Å². The molecular formula is C27H21ClN4O2. The van der Waals surface area contributed by atoms with Gasteiger partial charge in [0.25, 0.3) is 11.8 Å². The van der Waals surface area contributed by atoms with Gasteiger partial charge in [-0.1, -0.05) is 36.4 Å². The number of nitrogens with zero attached hydrogens (tertiary/aromatic N) is 1. The van der Waals surface area contributed by atoms with Gasteiger partial charge >= 0.3 is 0 Å². The van der Waals surface area contributed by atoms with Crippen molar-refractivity contribution in [2.45, 2.75) is 0 Å². The van der Waals surface area contributed by atoms with Crippen LogP contribution < -0.4 is 10.6 Å². The smallest absolute Gasteiger partial charge is 0.255 e. The number of H-pyrrole nitrogens is 1. The van der Waals surface area contributed by atoms with Gasteiger partial charge in [-0.25, -0.2) is 4.98 Å². The number of carbonyl (C=O) groups excluding carboxylic acids is 2. The van der Waals surface area contributed by atoms with Gasteiger partial charge in [-0.2, -0.15) is 0 Å². The zero-order valence-electron chi connectivity index (χ0n) is 18.0. The first-order chi connectivity index (χ1) is 16.2. The molecule has 6 nitrogen and oxygen atoms in total. The molecule has 7 heteroatoms. The van der Waals surface area contributed by atoms with Gasteiger partial charge < -0.3 is 15.6 Å². The van der Waals surface area contributed by atoms with Crippen molar-refractivity contribution in [2.75, 3.05) is 10.6 Å². The second-order valence-corrected chi connectivity index (χ2v) is 7.53. The van der Waals surface area contributed by atoms with Gasteiger partial charge in [-0.15, -0.1) is 12.4 Å². The SMILES string of the molecule is Cl.O=C(Nc1ccc(-c2nc3ccc(NC(=O)c4ccccc4)cc3[nH]2)cc1)c1ccccc1. The van der Waals surface area contributed by atoms with E-state index < -0.39 is 0 Å². The van der Waals surface area contributed by atoms with Crippen molar-refractivity contribution >= 4 is 46.6 Å². The molecule has 34 heavy (non-hydrogen) atoms. The third-order valence-electron chi connectivity index (χ3n) is 5.23. The van der Waals surface area contributed by atoms with Crippen LogP contribution >= 0.6 is 12.4 Å². The lowest BCUT2D eigenvalue weighted by Gasteiger charge is -2.06. The van der Waals surface area contributed by atoms with Gasteiger partial charge in [0.15, 0.2) is 0 Å². The molecule has 4 aromatic carbocycles. The van der Waals surface area contributed by atoms with E-state index in [9.17, 15) is 9.59 Å². The van der Waals surface area contributed by atoms with Gasteiger partial charge in [0.05, 0.1) is 11.0 Å². The van der Waals surface area contributed by atoms with Gasteiger partial charge in [0.1, 0.15) is 5.82 Å². The average molecular weight is 469 g/mol. The van der Waals surface area contributed by atoms with Gasteiger partial charge in [0.2, 0.25) is 0 Å². The molecule has 0 fully saturated rings. The lowest BCUT2D eigenvalue weighted by atomic mass is 10.1. The molecule has 168 valence electrons. The van der Waals surface area contributed by atoms with E-state index in [0.717, 1.165) is 16.6 Å². The molecule has 0 aliphatic carbocycles. The Balaban J connectivity index is 0.00000274. The summed E-state index contributed by atoms with van der Waals surface area (Å²) in [5.41, 5.74) is 5.09. The van der Waals surface area contributed by atoms with Crippen LogP contribution in [-0.4, -0.2) is 21.8 Å². The van der Waals surface area contributed by atoms with E-state index in [1.165, 1.54) is 0 Å². The zero-order valence-corrected chi connectivity index (χ0v) is 18.8. The summed E-state index contributed by atoms with van der Waals surface area (Å²) in [7, 11) is 0. The van der Waals surface area contributed by atoms with E-state index >= 15 is 0 Å². The summed E-state index contributed by atoms with van der Waals surface area (Å²) < 4.78 is 0. The van der Waals surface area contributed by atoms with E-state index in [1.54, 1.807) is 24.3 Å². The Hall–Kier alpha value is -4.42. The Morgan fingerprint density at radius 2 is 1.18 bits per heavy atom. The Morgan fingerprint density at radius 3 is 1.76 bits per heavy atom. The monoisotopic (exact) mass is 468 g/mol. The number of aromatic nitrogens is 2. The molecule has 0 aliphatic heterocycles. The Morgan fingerprint density at radius 1 is 0.647 bits per heavy atom. The van der Waals surface area contributed by atoms with Gasteiger partial charge in [-0.05, 0) is 66.7 Å². The minimum Gasteiger partial charge on any atom is -0.338 e. The fraction of sp³-hybridized carbons (Fsp3) is 0. The predicted molar refractivity (Wildman–Crippen MR) is 138 cm³/mol. The highest BCUT2D eigenvalue weighted by Gasteiger charge is 2.10. The first-order valence-electron chi connectivity index (χ1n) is 10.5. The number of fused-ring (bicyclic) bond motifs is 1. The molecular weight excluding hydrogens is 448 g/mol. The van der Waals surface area contributed by atoms with Crippen molar-refractivity contribution < 1.29 is 9.59 Å². The Bertz CT molecular complexity index is 1430. The van der Waals surface area contributed by atoms with Gasteiger partial charge in [0, 0.05) is 28.1 Å². The number of aromatic amines is 1. The third-order valence-corrected chi connectivity index (χ3v) is 5.23. The molecule has 0 unspecified atom stereocenters. The molecule has 0 radical (unpaired) electrons. The molecule has 0 aliphatic rings. The number of halogens is 1. The van der Waals surface area contributed by atoms with E-state index in [-0.39, 0.29) is 24.2 Å². The van der Waals surface area contributed by atoms with Crippen LogP contribution in [0.25, 0.3) is 22.4 Å². The molecule has 0 bridgehead atoms. The molecule has 1 heterocycles. The van der Waals surface area contributed by atoms with Crippen LogP contribution in [0.4, 0.5) is 11.4 Å². The molecule has 0 atom stereocenters.